The maximum atomic E-state index is 13.3. The molecule has 2 fully saturated rings. The number of benzene rings is 4. The Labute approximate surface area is 375 Å². The molecule has 4 atom stereocenters. The Morgan fingerprint density at radius 2 is 1.35 bits per heavy atom. The van der Waals surface area contributed by atoms with Crippen molar-refractivity contribution in [3.8, 4) is 11.1 Å². The molecule has 2 aliphatic heterocycles. The minimum absolute atomic E-state index is 0.00162. The van der Waals surface area contributed by atoms with Gasteiger partial charge in [-0.25, -0.2) is 4.79 Å². The van der Waals surface area contributed by atoms with Crippen LogP contribution in [0.25, 0.3) is 11.1 Å². The molecule has 0 radical (unpaired) electrons. The highest BCUT2D eigenvalue weighted by molar-refractivity contribution is 6.06. The van der Waals surface area contributed by atoms with E-state index in [0.717, 1.165) is 65.0 Å². The van der Waals surface area contributed by atoms with Gasteiger partial charge in [0.15, 0.2) is 6.29 Å². The standard InChI is InChI=1S/C53H69N3O7/c1-3-5-7-9-11-16-31-55(32-17-12-10-8-6-4-2)37-47-34-49(44-25-23-40(38-57)24-26-44)63-52(62-47)45-29-27-43(28-30-45)46-22-18-21-42(33-46)36-56-50(58)35-48(51(56)59)54-53(60)61-39-41-19-14-13-15-20-41/h13-15,18-30,33,47-49,52,57H,3-12,16-17,31-32,34-39H2,1-2H3,(H,54,60). The number of rotatable bonds is 25. The number of likely N-dealkylation sites (tertiary alicyclic amines) is 1. The van der Waals surface area contributed by atoms with Crippen LogP contribution < -0.4 is 5.32 Å². The molecule has 2 aliphatic rings. The predicted octanol–water partition coefficient (Wildman–Crippen LogP) is 11.0. The van der Waals surface area contributed by atoms with E-state index in [0.29, 0.717) is 0 Å². The molecule has 10 heteroatoms. The predicted molar refractivity (Wildman–Crippen MR) is 247 cm³/mol. The number of amides is 3. The molecule has 2 saturated heterocycles. The van der Waals surface area contributed by atoms with Crippen molar-refractivity contribution in [3.63, 3.8) is 0 Å². The van der Waals surface area contributed by atoms with Crippen molar-refractivity contribution in [3.05, 3.63) is 131 Å². The molecular formula is C53H69N3O7. The first-order valence-electron chi connectivity index (χ1n) is 23.6. The number of nitrogens with zero attached hydrogens (tertiary/aromatic N) is 2. The van der Waals surface area contributed by atoms with Gasteiger partial charge in [0.25, 0.3) is 5.91 Å². The summed E-state index contributed by atoms with van der Waals surface area (Å²) in [6.07, 6.45) is 14.5. The second-order valence-corrected chi connectivity index (χ2v) is 17.3. The maximum absolute atomic E-state index is 13.3. The van der Waals surface area contributed by atoms with Gasteiger partial charge >= 0.3 is 6.09 Å². The average molecular weight is 860 g/mol. The highest BCUT2D eigenvalue weighted by Gasteiger charge is 2.40. The van der Waals surface area contributed by atoms with E-state index < -0.39 is 24.3 Å². The molecule has 0 aromatic heterocycles. The zero-order valence-corrected chi connectivity index (χ0v) is 37.6. The number of unbranched alkanes of at least 4 members (excludes halogenated alkanes) is 10. The summed E-state index contributed by atoms with van der Waals surface area (Å²) in [5.74, 6) is -0.794. The van der Waals surface area contributed by atoms with Crippen LogP contribution in [0.5, 0.6) is 0 Å². The summed E-state index contributed by atoms with van der Waals surface area (Å²) in [7, 11) is 0. The summed E-state index contributed by atoms with van der Waals surface area (Å²) < 4.78 is 18.9. The zero-order valence-electron chi connectivity index (χ0n) is 37.6. The van der Waals surface area contributed by atoms with Crippen LogP contribution in [0, 0.1) is 0 Å². The number of aliphatic hydroxyl groups is 1. The van der Waals surface area contributed by atoms with Gasteiger partial charge in [0.05, 0.1) is 31.8 Å². The Morgan fingerprint density at radius 1 is 0.714 bits per heavy atom. The van der Waals surface area contributed by atoms with Gasteiger partial charge in [0, 0.05) is 18.5 Å². The lowest BCUT2D eigenvalue weighted by molar-refractivity contribution is -0.253. The smallest absolute Gasteiger partial charge is 0.408 e. The molecule has 0 saturated carbocycles. The third kappa shape index (κ3) is 14.9. The molecular weight excluding hydrogens is 791 g/mol. The molecule has 0 bridgehead atoms. The van der Waals surface area contributed by atoms with Crippen molar-refractivity contribution < 1.29 is 33.7 Å². The molecule has 6 rings (SSSR count). The molecule has 4 unspecified atom stereocenters. The lowest BCUT2D eigenvalue weighted by Crippen LogP contribution is -2.41. The number of alkyl carbamates (subject to hydrolysis) is 1. The van der Waals surface area contributed by atoms with Gasteiger partial charge in [0.1, 0.15) is 12.6 Å². The van der Waals surface area contributed by atoms with Gasteiger partial charge in [-0.1, -0.05) is 175 Å². The second-order valence-electron chi connectivity index (χ2n) is 17.3. The van der Waals surface area contributed by atoms with Crippen LogP contribution in [0.1, 0.15) is 144 Å². The second kappa shape index (κ2) is 25.4. The van der Waals surface area contributed by atoms with E-state index in [1.54, 1.807) is 0 Å². The Hall–Kier alpha value is -4.87. The summed E-state index contributed by atoms with van der Waals surface area (Å²) in [6, 6.07) is 32.4. The Kier molecular flexibility index (Phi) is 19.2. The Bertz CT molecular complexity index is 1970. The first-order valence-corrected chi connectivity index (χ1v) is 23.6. The van der Waals surface area contributed by atoms with E-state index >= 15 is 0 Å². The number of hydrogen-bond acceptors (Lipinski definition) is 8. The Morgan fingerprint density at radius 3 is 2.02 bits per heavy atom. The van der Waals surface area contributed by atoms with E-state index in [1.165, 1.54) is 81.9 Å². The first kappa shape index (κ1) is 47.6. The van der Waals surface area contributed by atoms with Crippen LogP contribution in [-0.4, -0.2) is 64.6 Å². The number of carbonyl (C=O) groups is 3. The van der Waals surface area contributed by atoms with Crippen LogP contribution in [0.3, 0.4) is 0 Å². The maximum Gasteiger partial charge on any atom is 0.408 e. The fourth-order valence-corrected chi connectivity index (χ4v) is 8.58. The number of carbonyl (C=O) groups excluding carboxylic acids is 3. The molecule has 0 aliphatic carbocycles. The van der Waals surface area contributed by atoms with Crippen LogP contribution in [-0.2, 0) is 43.6 Å². The molecule has 338 valence electrons. The Balaban J connectivity index is 1.10. The fourth-order valence-electron chi connectivity index (χ4n) is 8.58. The number of ether oxygens (including phenoxy) is 3. The summed E-state index contributed by atoms with van der Waals surface area (Å²) >= 11 is 0. The first-order chi connectivity index (χ1) is 30.8. The normalized spacial score (nSPS) is 18.9. The van der Waals surface area contributed by atoms with Gasteiger partial charge in [-0.2, -0.15) is 0 Å². The molecule has 10 nitrogen and oxygen atoms in total. The topological polar surface area (TPSA) is 118 Å². The molecule has 4 aromatic carbocycles. The monoisotopic (exact) mass is 860 g/mol. The molecule has 3 amide bonds. The van der Waals surface area contributed by atoms with E-state index in [1.807, 2.05) is 66.7 Å². The van der Waals surface area contributed by atoms with Crippen LogP contribution >= 0.6 is 0 Å². The van der Waals surface area contributed by atoms with Crippen molar-refractivity contribution in [2.45, 2.75) is 148 Å². The average Bonchev–Trinajstić information content (AvgIpc) is 3.57. The molecule has 4 aromatic rings. The van der Waals surface area contributed by atoms with E-state index in [9.17, 15) is 19.5 Å². The molecule has 0 spiro atoms. The van der Waals surface area contributed by atoms with Crippen LogP contribution in [0.15, 0.2) is 103 Å². The highest BCUT2D eigenvalue weighted by atomic mass is 16.7. The van der Waals surface area contributed by atoms with E-state index in [4.69, 9.17) is 14.2 Å². The minimum atomic E-state index is -0.969. The van der Waals surface area contributed by atoms with Gasteiger partial charge < -0.3 is 29.5 Å². The van der Waals surface area contributed by atoms with Crippen molar-refractivity contribution in [1.82, 2.24) is 15.1 Å². The molecule has 63 heavy (non-hydrogen) atoms. The van der Waals surface area contributed by atoms with Gasteiger partial charge in [-0.05, 0) is 65.4 Å². The van der Waals surface area contributed by atoms with E-state index in [-0.39, 0.29) is 44.3 Å². The minimum Gasteiger partial charge on any atom is -0.445 e. The highest BCUT2D eigenvalue weighted by Crippen LogP contribution is 2.39. The number of imide groups is 1. The largest absolute Gasteiger partial charge is 0.445 e. The lowest BCUT2D eigenvalue weighted by atomic mass is 9.98. The van der Waals surface area contributed by atoms with Gasteiger partial charge in [-0.3, -0.25) is 14.5 Å². The third-order valence-electron chi connectivity index (χ3n) is 12.3. The van der Waals surface area contributed by atoms with Gasteiger partial charge in [0.2, 0.25) is 5.91 Å². The number of hydrogen-bond donors (Lipinski definition) is 2. The van der Waals surface area contributed by atoms with Crippen LogP contribution in [0.4, 0.5) is 4.79 Å². The quantitative estimate of drug-likeness (QED) is 0.0500. The number of nitrogens with one attached hydrogen (secondary N) is 1. The summed E-state index contributed by atoms with van der Waals surface area (Å²) in [6.45, 7) is 7.72. The van der Waals surface area contributed by atoms with Crippen molar-refractivity contribution in [2.75, 3.05) is 19.6 Å². The van der Waals surface area contributed by atoms with Crippen molar-refractivity contribution in [1.29, 1.82) is 0 Å². The summed E-state index contributed by atoms with van der Waals surface area (Å²) in [4.78, 5) is 42.6. The number of aliphatic hydroxyl groups excluding tert-OH is 1. The zero-order chi connectivity index (χ0) is 44.2. The van der Waals surface area contributed by atoms with Crippen molar-refractivity contribution >= 4 is 17.9 Å². The SMILES string of the molecule is CCCCCCCCN(CCCCCCCC)CC1CC(c2ccc(CO)cc2)OC(c2ccc(-c3cccc(CN4C(=O)CC(NC(=O)OCc5ccccc5)C4=O)c3)cc2)O1. The fraction of sp³-hybridized carbons (Fsp3) is 0.491. The van der Waals surface area contributed by atoms with Crippen LogP contribution in [0.2, 0.25) is 0 Å². The lowest BCUT2D eigenvalue weighted by Gasteiger charge is -2.38. The summed E-state index contributed by atoms with van der Waals surface area (Å²) in [5.41, 5.74) is 6.44. The van der Waals surface area contributed by atoms with Gasteiger partial charge in [-0.15, -0.1) is 0 Å². The van der Waals surface area contributed by atoms with E-state index in [2.05, 4.69) is 60.5 Å². The molecule has 2 N–H and O–H groups in total. The molecule has 2 heterocycles. The third-order valence-corrected chi connectivity index (χ3v) is 12.3. The van der Waals surface area contributed by atoms with Crippen molar-refractivity contribution in [2.24, 2.45) is 0 Å². The summed E-state index contributed by atoms with van der Waals surface area (Å²) in [5, 5.41) is 12.3.